The van der Waals surface area contributed by atoms with Gasteiger partial charge < -0.3 is 88.7 Å². The number of aldehydes is 1. The number of hydrogen-bond acceptors (Lipinski definition) is 24. The van der Waals surface area contributed by atoms with E-state index in [0.717, 1.165) is 167 Å². The minimum absolute atomic E-state index is 0. The largest absolute Gasteiger partial charge is 1.00 e. The minimum Gasteiger partial charge on any atom is -1.00 e. The van der Waals surface area contributed by atoms with E-state index in [1.165, 1.54) is 6.08 Å². The van der Waals surface area contributed by atoms with Gasteiger partial charge in [-0.05, 0) is 310 Å². The van der Waals surface area contributed by atoms with Gasteiger partial charge in [0.05, 0.1) is 107 Å². The molecule has 4 atom stereocenters. The summed E-state index contributed by atoms with van der Waals surface area (Å²) >= 11 is 0. The number of nitrogens with two attached hydrogens (primary N) is 1. The summed E-state index contributed by atoms with van der Waals surface area (Å²) in [5, 5.41) is 21.7. The van der Waals surface area contributed by atoms with E-state index in [-0.39, 0.29) is 117 Å². The third kappa shape index (κ3) is 39.5. The summed E-state index contributed by atoms with van der Waals surface area (Å²) in [4.78, 5) is 87.1. The van der Waals surface area contributed by atoms with Crippen LogP contribution in [0.15, 0.2) is 60.7 Å². The summed E-state index contributed by atoms with van der Waals surface area (Å²) in [7, 11) is 9.86. The first kappa shape index (κ1) is 126. The number of aromatic hydroxyl groups is 2. The van der Waals surface area contributed by atoms with E-state index in [1.54, 1.807) is 122 Å². The number of aryl methyl sites for hydroxylation is 2. The fraction of sp³-hybridized carbons (Fsp3) is 0.548. The van der Waals surface area contributed by atoms with Gasteiger partial charge in [-0.2, -0.15) is 0 Å². The van der Waals surface area contributed by atoms with E-state index >= 15 is 0 Å². The average Bonchev–Trinajstić information content (AvgIpc) is 1.21. The second-order valence-corrected chi connectivity index (χ2v) is 35.0. The van der Waals surface area contributed by atoms with Crippen LogP contribution in [0.2, 0.25) is 0 Å². The van der Waals surface area contributed by atoms with Gasteiger partial charge in [0.1, 0.15) is 69.7 Å². The molecule has 1 aliphatic rings. The molecule has 133 heavy (non-hydrogen) atoms. The SMILES string of the molecule is CC(C)CC(=O)[C@H](CCCCN)NC(=O)[C@@H]1CCCN1C(=O)[C@H](/C=C/[C@@H](C)CC(C)C)Cc1ccccc1.CCOC(=O)/C=C/c1c(C)c(OC)c(C)c(C)c1OC.CCOC(=O)CCc1c(C)c(OC)c(C)c(C)c1OC.CCOC(=O)CP(=O)(OCC)OCC.COc1c(C)c(C)c(OC)c(C=O)c1C.COc1cc(C)c(OC)c(C)c1C.Cc1cc(O)c(C)c(C)c1O.[AlH3].[H-].[Li+]. The maximum Gasteiger partial charge on any atom is 1.00 e. The summed E-state index contributed by atoms with van der Waals surface area (Å²) < 4.78 is 79.1. The quantitative estimate of drug-likeness (QED) is 0.00320. The summed E-state index contributed by atoms with van der Waals surface area (Å²) in [6, 6.07) is 12.6. The predicted octanol–water partition coefficient (Wildman–Crippen LogP) is 16.5. The van der Waals surface area contributed by atoms with Crippen molar-refractivity contribution in [2.45, 2.75) is 249 Å². The first-order valence-corrected chi connectivity index (χ1v) is 47.0. The number of benzene rings is 6. The molecule has 0 aliphatic carbocycles. The van der Waals surface area contributed by atoms with Gasteiger partial charge in [-0.1, -0.05) is 77.1 Å². The van der Waals surface area contributed by atoms with Crippen molar-refractivity contribution in [3.8, 4) is 57.5 Å². The Kier molecular flexibility index (Phi) is 61.9. The Bertz CT molecular complexity index is 4730. The number of Topliss-reactive ketones (excluding diaryl/α,β-unsaturated/α-hetero) is 1. The van der Waals surface area contributed by atoms with Crippen LogP contribution < -0.4 is 67.8 Å². The molecule has 1 fully saturated rings. The maximum absolute atomic E-state index is 13.9. The molecule has 1 heterocycles. The molecule has 0 spiro atoms. The first-order valence-electron chi connectivity index (χ1n) is 45.2. The van der Waals surface area contributed by atoms with Gasteiger partial charge in [0.15, 0.2) is 29.4 Å². The molecule has 26 nitrogen and oxygen atoms in total. The van der Waals surface area contributed by atoms with E-state index in [2.05, 4.69) is 43.0 Å². The number of carbonyl (C=O) groups is 7. The van der Waals surface area contributed by atoms with Crippen LogP contribution in [0.1, 0.15) is 233 Å². The molecule has 740 valence electrons. The van der Waals surface area contributed by atoms with Gasteiger partial charge in [0, 0.05) is 47.7 Å². The number of phenolic OH excluding ortho intramolecular Hbond substituents is 2. The molecule has 6 aromatic carbocycles. The van der Waals surface area contributed by atoms with E-state index in [9.17, 15) is 48.3 Å². The van der Waals surface area contributed by atoms with Crippen molar-refractivity contribution in [3.05, 3.63) is 166 Å². The number of rotatable bonds is 39. The van der Waals surface area contributed by atoms with Gasteiger partial charge in [-0.25, -0.2) is 4.79 Å². The van der Waals surface area contributed by atoms with Crippen molar-refractivity contribution >= 4 is 72.8 Å². The van der Waals surface area contributed by atoms with E-state index in [1.807, 2.05) is 140 Å². The van der Waals surface area contributed by atoms with Crippen molar-refractivity contribution in [2.24, 2.45) is 29.4 Å². The normalized spacial score (nSPS) is 12.5. The third-order valence-corrected chi connectivity index (χ3v) is 24.6. The van der Waals surface area contributed by atoms with Gasteiger partial charge >= 0.3 is 44.4 Å². The average molecular weight is 1890 g/mol. The van der Waals surface area contributed by atoms with Crippen LogP contribution in [0.25, 0.3) is 6.08 Å². The molecule has 0 radical (unpaired) electrons. The molecular formula is C104H162AlLiN3O23P. The molecule has 0 bridgehead atoms. The summed E-state index contributed by atoms with van der Waals surface area (Å²) in [6.07, 6.45) is 14.4. The summed E-state index contributed by atoms with van der Waals surface area (Å²) in [6.45, 7) is 51.0. The summed E-state index contributed by atoms with van der Waals surface area (Å²) in [5.41, 5.74) is 23.7. The molecular weight excluding hydrogens is 1720 g/mol. The Balaban J connectivity index is -0.00000156. The van der Waals surface area contributed by atoms with Crippen molar-refractivity contribution in [1.29, 1.82) is 0 Å². The molecule has 29 heteroatoms. The topological polar surface area (TPSA) is 338 Å². The molecule has 0 unspecified atom stereocenters. The van der Waals surface area contributed by atoms with Gasteiger partial charge in [-0.15, -0.1) is 0 Å². The van der Waals surface area contributed by atoms with Gasteiger partial charge in [0.2, 0.25) is 11.8 Å². The van der Waals surface area contributed by atoms with Gasteiger partial charge in [0.25, 0.3) is 0 Å². The Hall–Kier alpha value is -9.27. The van der Waals surface area contributed by atoms with Crippen LogP contribution in [0.4, 0.5) is 0 Å². The molecule has 1 aliphatic heterocycles. The molecule has 1 saturated heterocycles. The number of allylic oxidation sites excluding steroid dienone is 1. The number of ether oxygens (including phenoxy) is 11. The number of phenols is 2. The molecule has 0 aromatic heterocycles. The van der Waals surface area contributed by atoms with Gasteiger partial charge in [-0.3, -0.25) is 33.3 Å². The van der Waals surface area contributed by atoms with Crippen LogP contribution in [0, 0.1) is 128 Å². The van der Waals surface area contributed by atoms with Crippen LogP contribution in [0.3, 0.4) is 0 Å². The number of nitrogens with one attached hydrogen (secondary N) is 1. The minimum atomic E-state index is -3.28. The fourth-order valence-corrected chi connectivity index (χ4v) is 16.9. The molecule has 7 rings (SSSR count). The van der Waals surface area contributed by atoms with Crippen LogP contribution in [-0.2, 0) is 69.4 Å². The smallest absolute Gasteiger partial charge is 1.00 e. The zero-order chi connectivity index (χ0) is 99.9. The summed E-state index contributed by atoms with van der Waals surface area (Å²) in [5.74, 6) is 6.66. The molecule has 6 aromatic rings. The standard InChI is InChI=1S/C32H51N3O3.C16H24O4.C16H22O4.C12H16O3.C11H16O2.C9H12O2.C8H17O5P.Al.Li.4H/c1-23(2)20-25(5)16-17-27(22-26-12-7-6-8-13-26)32(38)35-19-11-15-29(35)31(37)34-28(14-9-10-18-33)30(36)21-24(3)4;2*1-7-20-14(17)9-8-13-12(4)15(18-5)10(2)11(3)16(13)19-6;1-7-8(2)12(15-5)10(6-13)9(3)11(7)14-4;1-7-6-10(12-4)8(2)9(3)11(7)13-5;1-5-4-8(10)6(2)7(3)9(5)11;1-4-11-8(9)7-14(10,12-5-2)13-6-3;;;;;;/h6-8,12-13,16-17,23-25,27-29H,9-11,14-15,18-22,33H2,1-5H3,(H,34,37);7-9H2,1-6H3;8-9H,7H2,1-6H3;6H,1-5H3;6H,1-5H3;4,10-11H,1-3H3;4-7H2,1-3H3;;;;;;/q;;;;;;;;+1;;;;-1/b17-16+;;9-8+;;;;;;;;;;/t25-,27-,28+,29+;;;;;;;;;;;;/m1............/s1. The number of ketones is 1. The van der Waals surface area contributed by atoms with Crippen LogP contribution >= 0.6 is 7.60 Å². The Labute approximate surface area is 819 Å². The first-order chi connectivity index (χ1) is 61.9. The number of carbonyl (C=O) groups excluding carboxylic acids is 7. The Morgan fingerprint density at radius 2 is 1.03 bits per heavy atom. The zero-order valence-electron chi connectivity index (χ0n) is 87.1. The van der Waals surface area contributed by atoms with Crippen molar-refractivity contribution in [1.82, 2.24) is 10.2 Å². The molecule has 5 N–H and O–H groups in total. The fourth-order valence-electron chi connectivity index (χ4n) is 15.4. The predicted molar refractivity (Wildman–Crippen MR) is 534 cm³/mol. The molecule has 2 amide bonds. The van der Waals surface area contributed by atoms with Crippen molar-refractivity contribution < 1.29 is 130 Å². The van der Waals surface area contributed by atoms with E-state index in [4.69, 9.17) is 62.1 Å². The number of esters is 3. The second kappa shape index (κ2) is 65.4. The van der Waals surface area contributed by atoms with E-state index < -0.39 is 25.6 Å². The number of unbranched alkanes of at least 4 members (excludes halogenated alkanes) is 1. The Morgan fingerprint density at radius 1 is 0.549 bits per heavy atom. The monoisotopic (exact) mass is 1890 g/mol. The number of nitrogens with zero attached hydrogens (tertiary/aromatic N) is 1. The van der Waals surface area contributed by atoms with Crippen molar-refractivity contribution in [3.63, 3.8) is 0 Å². The van der Waals surface area contributed by atoms with E-state index in [0.29, 0.717) is 93.5 Å². The van der Waals surface area contributed by atoms with Crippen LogP contribution in [-0.4, -0.2) is 196 Å². The molecule has 0 saturated carbocycles. The van der Waals surface area contributed by atoms with Crippen LogP contribution in [0.5, 0.6) is 57.5 Å². The zero-order valence-corrected chi connectivity index (χ0v) is 87.0. The van der Waals surface area contributed by atoms with Crippen molar-refractivity contribution in [2.75, 3.05) is 109 Å². The second-order valence-electron chi connectivity index (χ2n) is 32.9. The number of amides is 2. The Morgan fingerprint density at radius 3 is 1.50 bits per heavy atom. The number of likely N-dealkylation sites (tertiary alicyclic amines) is 1. The third-order valence-electron chi connectivity index (χ3n) is 22.6. The number of hydrogen-bond donors (Lipinski definition) is 4. The number of methoxy groups -OCH3 is 8. The maximum atomic E-state index is 13.9.